The maximum atomic E-state index is 6.03. The summed E-state index contributed by atoms with van der Waals surface area (Å²) in [5.74, 6) is 0.741. The van der Waals surface area contributed by atoms with Crippen LogP contribution in [0.5, 0.6) is 0 Å². The molecule has 15 heavy (non-hydrogen) atoms. The highest BCUT2D eigenvalue weighted by molar-refractivity contribution is 5.04. The second kappa shape index (κ2) is 5.28. The summed E-state index contributed by atoms with van der Waals surface area (Å²) in [5, 5.41) is 0. The molecule has 0 radical (unpaired) electrons. The number of nitrogens with zero attached hydrogens (tertiary/aromatic N) is 1. The van der Waals surface area contributed by atoms with Crippen LogP contribution in [0, 0.1) is 5.92 Å². The Hall–Kier alpha value is -0.120. The molecule has 0 aromatic rings. The number of hydrogen-bond acceptors (Lipinski definition) is 3. The van der Waals surface area contributed by atoms with E-state index in [0.29, 0.717) is 12.6 Å². The van der Waals surface area contributed by atoms with Gasteiger partial charge in [-0.3, -0.25) is 4.90 Å². The molecule has 1 unspecified atom stereocenters. The van der Waals surface area contributed by atoms with E-state index in [2.05, 4.69) is 25.7 Å². The van der Waals surface area contributed by atoms with Crippen molar-refractivity contribution in [3.8, 4) is 0 Å². The maximum absolute atomic E-state index is 6.03. The minimum atomic E-state index is 0.0810. The fourth-order valence-corrected chi connectivity index (χ4v) is 2.84. The molecule has 0 aliphatic heterocycles. The Kier molecular flexibility index (Phi) is 4.56. The summed E-state index contributed by atoms with van der Waals surface area (Å²) in [6, 6.07) is 0.536. The molecular formula is C12H26N2O. The zero-order valence-corrected chi connectivity index (χ0v) is 10.6. The molecule has 0 amide bonds. The van der Waals surface area contributed by atoms with Gasteiger partial charge < -0.3 is 10.5 Å². The molecule has 0 spiro atoms. The van der Waals surface area contributed by atoms with Crippen molar-refractivity contribution in [1.29, 1.82) is 0 Å². The van der Waals surface area contributed by atoms with Crippen LogP contribution in [0.2, 0.25) is 0 Å². The third-order valence-electron chi connectivity index (χ3n) is 3.62. The SMILES string of the molecule is CCN(C(C)C)C(CN)(COC)C1CC1. The standard InChI is InChI=1S/C12H26N2O/c1-5-14(10(2)3)12(8-13,9-15-4)11-6-7-11/h10-11H,5-9,13H2,1-4H3. The van der Waals surface area contributed by atoms with Crippen LogP contribution in [0.1, 0.15) is 33.6 Å². The lowest BCUT2D eigenvalue weighted by Gasteiger charge is -2.45. The third kappa shape index (κ3) is 2.52. The Labute approximate surface area is 94.0 Å². The van der Waals surface area contributed by atoms with E-state index in [0.717, 1.165) is 19.1 Å². The summed E-state index contributed by atoms with van der Waals surface area (Å²) in [5.41, 5.74) is 6.11. The molecule has 1 fully saturated rings. The van der Waals surface area contributed by atoms with Gasteiger partial charge in [0.1, 0.15) is 0 Å². The van der Waals surface area contributed by atoms with Crippen molar-refractivity contribution in [1.82, 2.24) is 4.90 Å². The molecule has 0 heterocycles. The summed E-state index contributed by atoms with van der Waals surface area (Å²) in [7, 11) is 1.78. The number of ether oxygens (including phenoxy) is 1. The molecule has 2 N–H and O–H groups in total. The monoisotopic (exact) mass is 214 g/mol. The van der Waals surface area contributed by atoms with Gasteiger partial charge in [-0.05, 0) is 39.2 Å². The molecular weight excluding hydrogens is 188 g/mol. The van der Waals surface area contributed by atoms with Crippen molar-refractivity contribution >= 4 is 0 Å². The molecule has 1 aliphatic rings. The predicted molar refractivity (Wildman–Crippen MR) is 63.9 cm³/mol. The van der Waals surface area contributed by atoms with Gasteiger partial charge in [-0.1, -0.05) is 6.92 Å². The summed E-state index contributed by atoms with van der Waals surface area (Å²) in [6.07, 6.45) is 2.62. The molecule has 90 valence electrons. The van der Waals surface area contributed by atoms with Gasteiger partial charge in [0.25, 0.3) is 0 Å². The lowest BCUT2D eigenvalue weighted by atomic mass is 9.90. The first-order valence-corrected chi connectivity index (χ1v) is 6.08. The fraction of sp³-hybridized carbons (Fsp3) is 1.00. The van der Waals surface area contributed by atoms with E-state index in [-0.39, 0.29) is 5.54 Å². The smallest absolute Gasteiger partial charge is 0.0661 e. The number of likely N-dealkylation sites (N-methyl/N-ethyl adjacent to an activating group) is 1. The number of hydrogen-bond donors (Lipinski definition) is 1. The largest absolute Gasteiger partial charge is 0.383 e. The van der Waals surface area contributed by atoms with Gasteiger partial charge in [-0.2, -0.15) is 0 Å². The van der Waals surface area contributed by atoms with Crippen LogP contribution in [0.15, 0.2) is 0 Å². The van der Waals surface area contributed by atoms with Gasteiger partial charge in [0.2, 0.25) is 0 Å². The number of rotatable bonds is 7. The highest BCUT2D eigenvalue weighted by atomic mass is 16.5. The van der Waals surface area contributed by atoms with Crippen LogP contribution in [0.3, 0.4) is 0 Å². The van der Waals surface area contributed by atoms with Crippen molar-refractivity contribution in [2.75, 3.05) is 26.8 Å². The molecule has 0 bridgehead atoms. The second-order valence-electron chi connectivity index (χ2n) is 4.89. The van der Waals surface area contributed by atoms with Crippen LogP contribution in [0.4, 0.5) is 0 Å². The average Bonchev–Trinajstić information content (AvgIpc) is 3.00. The topological polar surface area (TPSA) is 38.5 Å². The quantitative estimate of drug-likeness (QED) is 0.697. The highest BCUT2D eigenvalue weighted by Crippen LogP contribution is 2.43. The Bertz CT molecular complexity index is 192. The Morgan fingerprint density at radius 2 is 2.07 bits per heavy atom. The van der Waals surface area contributed by atoms with Crippen LogP contribution in [-0.2, 0) is 4.74 Å². The Morgan fingerprint density at radius 3 is 2.33 bits per heavy atom. The predicted octanol–water partition coefficient (Wildman–Crippen LogP) is 1.47. The number of nitrogens with two attached hydrogens (primary N) is 1. The first-order valence-electron chi connectivity index (χ1n) is 6.08. The molecule has 1 rings (SSSR count). The molecule has 1 aliphatic carbocycles. The third-order valence-corrected chi connectivity index (χ3v) is 3.62. The van der Waals surface area contributed by atoms with Gasteiger partial charge in [0, 0.05) is 19.7 Å². The van der Waals surface area contributed by atoms with Crippen molar-refractivity contribution in [2.45, 2.75) is 45.2 Å². The van der Waals surface area contributed by atoms with Crippen molar-refractivity contribution < 1.29 is 4.74 Å². The normalized spacial score (nSPS) is 21.0. The second-order valence-corrected chi connectivity index (χ2v) is 4.89. The molecule has 0 aromatic carbocycles. The first kappa shape index (κ1) is 12.9. The minimum Gasteiger partial charge on any atom is -0.383 e. The Balaban J connectivity index is 2.84. The van der Waals surface area contributed by atoms with Crippen molar-refractivity contribution in [3.63, 3.8) is 0 Å². The van der Waals surface area contributed by atoms with Crippen LogP contribution < -0.4 is 5.73 Å². The van der Waals surface area contributed by atoms with Gasteiger partial charge >= 0.3 is 0 Å². The van der Waals surface area contributed by atoms with Crippen LogP contribution >= 0.6 is 0 Å². The first-order chi connectivity index (χ1) is 7.12. The van der Waals surface area contributed by atoms with E-state index >= 15 is 0 Å². The van der Waals surface area contributed by atoms with E-state index < -0.39 is 0 Å². The van der Waals surface area contributed by atoms with Gasteiger partial charge in [0.15, 0.2) is 0 Å². The molecule has 3 nitrogen and oxygen atoms in total. The molecule has 3 heteroatoms. The molecule has 0 saturated heterocycles. The summed E-state index contributed by atoms with van der Waals surface area (Å²) >= 11 is 0. The van der Waals surface area contributed by atoms with Crippen molar-refractivity contribution in [3.05, 3.63) is 0 Å². The maximum Gasteiger partial charge on any atom is 0.0661 e. The van der Waals surface area contributed by atoms with E-state index in [1.54, 1.807) is 7.11 Å². The van der Waals surface area contributed by atoms with Gasteiger partial charge in [-0.25, -0.2) is 0 Å². The summed E-state index contributed by atoms with van der Waals surface area (Å²) in [4.78, 5) is 2.51. The van der Waals surface area contributed by atoms with Crippen LogP contribution in [-0.4, -0.2) is 43.3 Å². The molecule has 1 saturated carbocycles. The van der Waals surface area contributed by atoms with Crippen molar-refractivity contribution in [2.24, 2.45) is 11.7 Å². The van der Waals surface area contributed by atoms with E-state index in [1.165, 1.54) is 12.8 Å². The van der Waals surface area contributed by atoms with Crippen LogP contribution in [0.25, 0.3) is 0 Å². The van der Waals surface area contributed by atoms with E-state index in [1.807, 2.05) is 0 Å². The highest BCUT2D eigenvalue weighted by Gasteiger charge is 2.48. The van der Waals surface area contributed by atoms with E-state index in [9.17, 15) is 0 Å². The van der Waals surface area contributed by atoms with Gasteiger partial charge in [0.05, 0.1) is 12.1 Å². The summed E-state index contributed by atoms with van der Waals surface area (Å²) in [6.45, 7) is 9.22. The van der Waals surface area contributed by atoms with E-state index in [4.69, 9.17) is 10.5 Å². The lowest BCUT2D eigenvalue weighted by molar-refractivity contribution is -0.0158. The zero-order valence-electron chi connectivity index (χ0n) is 10.6. The van der Waals surface area contributed by atoms with Gasteiger partial charge in [-0.15, -0.1) is 0 Å². The fourth-order valence-electron chi connectivity index (χ4n) is 2.84. The zero-order chi connectivity index (χ0) is 11.5. The lowest BCUT2D eigenvalue weighted by Crippen LogP contribution is -2.60. The molecule has 1 atom stereocenters. The number of methoxy groups -OCH3 is 1. The minimum absolute atomic E-state index is 0.0810. The summed E-state index contributed by atoms with van der Waals surface area (Å²) < 4.78 is 5.41. The Morgan fingerprint density at radius 1 is 1.47 bits per heavy atom. The molecule has 0 aromatic heterocycles. The average molecular weight is 214 g/mol.